The van der Waals surface area contributed by atoms with Crippen molar-refractivity contribution in [2.24, 2.45) is 0 Å². The van der Waals surface area contributed by atoms with Crippen LogP contribution in [-0.4, -0.2) is 11.8 Å². The van der Waals surface area contributed by atoms with E-state index in [-0.39, 0.29) is 6.42 Å². The van der Waals surface area contributed by atoms with Crippen LogP contribution in [0.25, 0.3) is 0 Å². The number of aryl methyl sites for hydroxylation is 3. The zero-order chi connectivity index (χ0) is 17.9. The van der Waals surface area contributed by atoms with Gasteiger partial charge in [-0.05, 0) is 55.7 Å². The van der Waals surface area contributed by atoms with Crippen molar-refractivity contribution < 1.29 is 9.59 Å². The maximum Gasteiger partial charge on any atom is 0.233 e. The first-order chi connectivity index (χ1) is 11.3. The number of carbonyl (C=O) groups excluding carboxylic acids is 2. The molecular weight excluding hydrogens is 347 g/mol. The van der Waals surface area contributed by atoms with E-state index in [9.17, 15) is 9.59 Å². The number of hydrogen-bond donors (Lipinski definition) is 2. The third-order valence-electron chi connectivity index (χ3n) is 3.47. The van der Waals surface area contributed by atoms with Gasteiger partial charge in [-0.3, -0.25) is 9.59 Å². The average molecular weight is 365 g/mol. The molecule has 2 N–H and O–H groups in total. The van der Waals surface area contributed by atoms with Gasteiger partial charge in [0.2, 0.25) is 11.8 Å². The summed E-state index contributed by atoms with van der Waals surface area (Å²) in [4.78, 5) is 24.1. The van der Waals surface area contributed by atoms with Gasteiger partial charge in [-0.1, -0.05) is 35.3 Å². The molecule has 0 saturated carbocycles. The lowest BCUT2D eigenvalue weighted by molar-refractivity contribution is -0.123. The van der Waals surface area contributed by atoms with Gasteiger partial charge in [-0.15, -0.1) is 0 Å². The molecule has 0 aliphatic rings. The average Bonchev–Trinajstić information content (AvgIpc) is 2.46. The van der Waals surface area contributed by atoms with E-state index in [0.29, 0.717) is 21.4 Å². The summed E-state index contributed by atoms with van der Waals surface area (Å²) in [5.41, 5.74) is 3.84. The molecule has 2 rings (SSSR count). The molecule has 0 atom stereocenters. The number of nitrogens with one attached hydrogen (secondary N) is 2. The SMILES string of the molecule is Cc1cc(C)c(NC(=O)CC(=O)Nc2ccc(C)c(Cl)c2)c(Cl)c1. The van der Waals surface area contributed by atoms with E-state index >= 15 is 0 Å². The number of benzene rings is 2. The molecule has 0 heterocycles. The Morgan fingerprint density at radius 3 is 2.17 bits per heavy atom. The lowest BCUT2D eigenvalue weighted by Crippen LogP contribution is -2.22. The molecule has 0 aliphatic heterocycles. The molecule has 126 valence electrons. The van der Waals surface area contributed by atoms with Crippen molar-refractivity contribution in [3.63, 3.8) is 0 Å². The van der Waals surface area contributed by atoms with Crippen LogP contribution >= 0.6 is 23.2 Å². The number of anilines is 2. The smallest absolute Gasteiger partial charge is 0.233 e. The first-order valence-corrected chi connectivity index (χ1v) is 8.14. The number of amides is 2. The zero-order valence-electron chi connectivity index (χ0n) is 13.7. The Kier molecular flexibility index (Phi) is 5.86. The van der Waals surface area contributed by atoms with Crippen molar-refractivity contribution in [3.8, 4) is 0 Å². The maximum absolute atomic E-state index is 12.1. The molecule has 0 fully saturated rings. The predicted octanol–water partition coefficient (Wildman–Crippen LogP) is 4.89. The number of carbonyl (C=O) groups is 2. The summed E-state index contributed by atoms with van der Waals surface area (Å²) < 4.78 is 0. The van der Waals surface area contributed by atoms with Crippen molar-refractivity contribution in [1.29, 1.82) is 0 Å². The highest BCUT2D eigenvalue weighted by molar-refractivity contribution is 6.34. The van der Waals surface area contributed by atoms with Gasteiger partial charge in [-0.25, -0.2) is 0 Å². The summed E-state index contributed by atoms with van der Waals surface area (Å²) in [5.74, 6) is -0.854. The second-order valence-corrected chi connectivity index (χ2v) is 6.49. The molecule has 4 nitrogen and oxygen atoms in total. The van der Waals surface area contributed by atoms with Crippen molar-refractivity contribution in [1.82, 2.24) is 0 Å². The van der Waals surface area contributed by atoms with Gasteiger partial charge < -0.3 is 10.6 Å². The monoisotopic (exact) mass is 364 g/mol. The van der Waals surface area contributed by atoms with Gasteiger partial charge in [0.15, 0.2) is 0 Å². The fourth-order valence-corrected chi connectivity index (χ4v) is 2.83. The minimum atomic E-state index is -0.431. The van der Waals surface area contributed by atoms with Gasteiger partial charge >= 0.3 is 0 Å². The Balaban J connectivity index is 1.99. The van der Waals surface area contributed by atoms with Crippen LogP contribution < -0.4 is 10.6 Å². The first-order valence-electron chi connectivity index (χ1n) is 7.39. The molecule has 6 heteroatoms. The molecule has 2 aromatic carbocycles. The third-order valence-corrected chi connectivity index (χ3v) is 4.18. The molecule has 0 aliphatic carbocycles. The summed E-state index contributed by atoms with van der Waals surface area (Å²) in [6, 6.07) is 8.85. The molecular formula is C18H18Cl2N2O2. The van der Waals surface area contributed by atoms with Gasteiger partial charge in [0.05, 0.1) is 10.7 Å². The van der Waals surface area contributed by atoms with Crippen LogP contribution in [0, 0.1) is 20.8 Å². The fraction of sp³-hybridized carbons (Fsp3) is 0.222. The zero-order valence-corrected chi connectivity index (χ0v) is 15.2. The largest absolute Gasteiger partial charge is 0.326 e. The third kappa shape index (κ3) is 4.73. The summed E-state index contributed by atoms with van der Waals surface area (Å²) >= 11 is 12.2. The normalized spacial score (nSPS) is 10.4. The van der Waals surface area contributed by atoms with Gasteiger partial charge in [0.25, 0.3) is 0 Å². The van der Waals surface area contributed by atoms with E-state index in [2.05, 4.69) is 10.6 Å². The topological polar surface area (TPSA) is 58.2 Å². The Morgan fingerprint density at radius 2 is 1.54 bits per heavy atom. The van der Waals surface area contributed by atoms with Gasteiger partial charge in [0.1, 0.15) is 6.42 Å². The Hall–Kier alpha value is -2.04. The van der Waals surface area contributed by atoms with E-state index < -0.39 is 11.8 Å². The van der Waals surface area contributed by atoms with Gasteiger partial charge in [0, 0.05) is 10.7 Å². The summed E-state index contributed by atoms with van der Waals surface area (Å²) in [6.45, 7) is 5.64. The minimum absolute atomic E-state index is 0.310. The molecule has 2 aromatic rings. The van der Waals surface area contributed by atoms with E-state index in [1.165, 1.54) is 0 Å². The number of halogens is 2. The highest BCUT2D eigenvalue weighted by Gasteiger charge is 2.13. The minimum Gasteiger partial charge on any atom is -0.326 e. The van der Waals surface area contributed by atoms with Gasteiger partial charge in [-0.2, -0.15) is 0 Å². The second-order valence-electron chi connectivity index (χ2n) is 5.68. The number of rotatable bonds is 4. The molecule has 0 spiro atoms. The van der Waals surface area contributed by atoms with Crippen LogP contribution in [0.15, 0.2) is 30.3 Å². The van der Waals surface area contributed by atoms with Crippen molar-refractivity contribution >= 4 is 46.4 Å². The van der Waals surface area contributed by atoms with Crippen LogP contribution in [0.5, 0.6) is 0 Å². The highest BCUT2D eigenvalue weighted by atomic mass is 35.5. The van der Waals surface area contributed by atoms with Crippen LogP contribution in [0.4, 0.5) is 11.4 Å². The Labute approximate surface area is 151 Å². The maximum atomic E-state index is 12.1. The summed E-state index contributed by atoms with van der Waals surface area (Å²) in [7, 11) is 0. The van der Waals surface area contributed by atoms with Crippen molar-refractivity contribution in [2.45, 2.75) is 27.2 Å². The molecule has 0 unspecified atom stereocenters. The molecule has 24 heavy (non-hydrogen) atoms. The standard InChI is InChI=1S/C18H18Cl2N2O2/c1-10-6-12(3)18(15(20)7-10)22-17(24)9-16(23)21-13-5-4-11(2)14(19)8-13/h4-8H,9H2,1-3H3,(H,21,23)(H,22,24). The Morgan fingerprint density at radius 1 is 0.875 bits per heavy atom. The number of hydrogen-bond acceptors (Lipinski definition) is 2. The summed E-state index contributed by atoms with van der Waals surface area (Å²) in [6.07, 6.45) is -0.310. The van der Waals surface area contributed by atoms with Crippen molar-refractivity contribution in [3.05, 3.63) is 57.1 Å². The predicted molar refractivity (Wildman–Crippen MR) is 99.0 cm³/mol. The first kappa shape index (κ1) is 18.3. The molecule has 0 radical (unpaired) electrons. The lowest BCUT2D eigenvalue weighted by Gasteiger charge is -2.12. The van der Waals surface area contributed by atoms with Crippen LogP contribution in [-0.2, 0) is 9.59 Å². The molecule has 0 bridgehead atoms. The summed E-state index contributed by atoms with van der Waals surface area (Å²) in [5, 5.41) is 6.34. The van der Waals surface area contributed by atoms with Crippen LogP contribution in [0.2, 0.25) is 10.0 Å². The molecule has 2 amide bonds. The van der Waals surface area contributed by atoms with E-state index in [1.54, 1.807) is 24.3 Å². The fourth-order valence-electron chi connectivity index (χ4n) is 2.28. The van der Waals surface area contributed by atoms with Crippen LogP contribution in [0.3, 0.4) is 0 Å². The highest BCUT2D eigenvalue weighted by Crippen LogP contribution is 2.27. The van der Waals surface area contributed by atoms with Crippen LogP contribution in [0.1, 0.15) is 23.1 Å². The second kappa shape index (κ2) is 7.69. The van der Waals surface area contributed by atoms with E-state index in [1.807, 2.05) is 26.8 Å². The Bertz CT molecular complexity index is 781. The van der Waals surface area contributed by atoms with E-state index in [4.69, 9.17) is 23.2 Å². The lowest BCUT2D eigenvalue weighted by atomic mass is 10.1. The van der Waals surface area contributed by atoms with Crippen molar-refractivity contribution in [2.75, 3.05) is 10.6 Å². The molecule has 0 saturated heterocycles. The molecule has 0 aromatic heterocycles. The quantitative estimate of drug-likeness (QED) is 0.759. The van der Waals surface area contributed by atoms with E-state index in [0.717, 1.165) is 16.7 Å².